The fourth-order valence-electron chi connectivity index (χ4n) is 4.48. The van der Waals surface area contributed by atoms with Gasteiger partial charge in [-0.2, -0.15) is 0 Å². The first-order valence-corrected chi connectivity index (χ1v) is 11.6. The normalized spacial score (nSPS) is 17.3. The van der Waals surface area contributed by atoms with Crippen LogP contribution in [0.15, 0.2) is 103 Å². The summed E-state index contributed by atoms with van der Waals surface area (Å²) in [5.74, 6) is 1.27. The Bertz CT molecular complexity index is 1270. The number of pyridine rings is 1. The number of rotatable bonds is 8. The highest BCUT2D eigenvalue weighted by Gasteiger charge is 2.43. The van der Waals surface area contributed by atoms with Crippen molar-refractivity contribution in [3.8, 4) is 11.5 Å². The van der Waals surface area contributed by atoms with E-state index < -0.39 is 6.04 Å². The molecule has 0 radical (unpaired) electrons. The SMILES string of the molecule is C=CCN1C(=O)NC(c2cccc(Oc3ccccc3)c2)C2=C1CN(CCc1ccccn1)C2=O. The quantitative estimate of drug-likeness (QED) is 0.497. The van der Waals surface area contributed by atoms with E-state index in [9.17, 15) is 9.59 Å². The van der Waals surface area contributed by atoms with Crippen LogP contribution in [-0.2, 0) is 11.2 Å². The summed E-state index contributed by atoms with van der Waals surface area (Å²) in [6.07, 6.45) is 4.06. The van der Waals surface area contributed by atoms with Gasteiger partial charge < -0.3 is 15.0 Å². The summed E-state index contributed by atoms with van der Waals surface area (Å²) in [5, 5.41) is 3.02. The van der Waals surface area contributed by atoms with Gasteiger partial charge in [0.25, 0.3) is 5.91 Å². The number of aromatic nitrogens is 1. The minimum absolute atomic E-state index is 0.0793. The zero-order valence-electron chi connectivity index (χ0n) is 19.3. The number of urea groups is 1. The molecular formula is C28H26N4O3. The van der Waals surface area contributed by atoms with Gasteiger partial charge in [0.1, 0.15) is 11.5 Å². The summed E-state index contributed by atoms with van der Waals surface area (Å²) < 4.78 is 5.99. The molecule has 5 rings (SSSR count). The molecule has 7 heteroatoms. The molecule has 1 aromatic heterocycles. The molecule has 0 spiro atoms. The standard InChI is InChI=1S/C28H26N4O3/c1-2-16-32-24-19-31(17-14-21-10-6-7-15-29-21)27(33)25(24)26(30-28(32)34)20-9-8-13-23(18-20)35-22-11-4-3-5-12-22/h2-13,15,18,26H,1,14,16-17,19H2,(H,30,34). The third-order valence-corrected chi connectivity index (χ3v) is 6.14. The van der Waals surface area contributed by atoms with Crippen LogP contribution in [0, 0.1) is 0 Å². The van der Waals surface area contributed by atoms with Crippen molar-refractivity contribution in [3.63, 3.8) is 0 Å². The maximum absolute atomic E-state index is 13.6. The Balaban J connectivity index is 1.43. The second-order valence-corrected chi connectivity index (χ2v) is 8.43. The van der Waals surface area contributed by atoms with E-state index >= 15 is 0 Å². The van der Waals surface area contributed by atoms with Gasteiger partial charge in [0.2, 0.25) is 0 Å². The third kappa shape index (κ3) is 4.66. The van der Waals surface area contributed by atoms with Crippen LogP contribution in [0.2, 0.25) is 0 Å². The van der Waals surface area contributed by atoms with E-state index in [2.05, 4.69) is 16.9 Å². The molecular weight excluding hydrogens is 440 g/mol. The summed E-state index contributed by atoms with van der Waals surface area (Å²) in [5.41, 5.74) is 3.02. The predicted octanol–water partition coefficient (Wildman–Crippen LogP) is 4.47. The van der Waals surface area contributed by atoms with Gasteiger partial charge in [-0.3, -0.25) is 14.7 Å². The Morgan fingerprint density at radius 2 is 1.83 bits per heavy atom. The summed E-state index contributed by atoms with van der Waals surface area (Å²) in [6, 6.07) is 21.9. The van der Waals surface area contributed by atoms with Crippen molar-refractivity contribution in [3.05, 3.63) is 114 Å². The number of para-hydroxylation sites is 1. The minimum atomic E-state index is -0.565. The lowest BCUT2D eigenvalue weighted by atomic mass is 9.95. The summed E-state index contributed by atoms with van der Waals surface area (Å²) in [6.45, 7) is 5.00. The molecule has 0 saturated carbocycles. The van der Waals surface area contributed by atoms with Crippen molar-refractivity contribution in [1.29, 1.82) is 0 Å². The lowest BCUT2D eigenvalue weighted by Gasteiger charge is -2.33. The Kier molecular flexibility index (Phi) is 6.30. The number of hydrogen-bond acceptors (Lipinski definition) is 4. The second-order valence-electron chi connectivity index (χ2n) is 8.43. The lowest BCUT2D eigenvalue weighted by molar-refractivity contribution is -0.125. The van der Waals surface area contributed by atoms with Crippen molar-refractivity contribution >= 4 is 11.9 Å². The van der Waals surface area contributed by atoms with Crippen LogP contribution in [0.3, 0.4) is 0 Å². The average molecular weight is 467 g/mol. The smallest absolute Gasteiger partial charge is 0.322 e. The zero-order chi connectivity index (χ0) is 24.2. The molecule has 1 unspecified atom stereocenters. The average Bonchev–Trinajstić information content (AvgIpc) is 3.21. The molecule has 0 aliphatic carbocycles. The molecule has 2 aliphatic rings. The number of benzene rings is 2. The molecule has 3 heterocycles. The topological polar surface area (TPSA) is 74.8 Å². The molecule has 176 valence electrons. The highest BCUT2D eigenvalue weighted by molar-refractivity contribution is 6.01. The van der Waals surface area contributed by atoms with Crippen LogP contribution in [0.5, 0.6) is 11.5 Å². The highest BCUT2D eigenvalue weighted by Crippen LogP contribution is 2.37. The van der Waals surface area contributed by atoms with E-state index in [1.807, 2.05) is 72.8 Å². The van der Waals surface area contributed by atoms with Crippen LogP contribution >= 0.6 is 0 Å². The number of amides is 3. The van der Waals surface area contributed by atoms with E-state index in [0.29, 0.717) is 43.1 Å². The molecule has 3 aromatic rings. The number of hydrogen-bond donors (Lipinski definition) is 1. The van der Waals surface area contributed by atoms with E-state index in [1.54, 1.807) is 22.1 Å². The largest absolute Gasteiger partial charge is 0.457 e. The van der Waals surface area contributed by atoms with Crippen LogP contribution in [0.25, 0.3) is 0 Å². The number of nitrogens with zero attached hydrogens (tertiary/aromatic N) is 3. The molecule has 1 atom stereocenters. The van der Waals surface area contributed by atoms with Crippen molar-refractivity contribution in [2.75, 3.05) is 19.6 Å². The van der Waals surface area contributed by atoms with E-state index in [-0.39, 0.29) is 11.9 Å². The molecule has 2 aliphatic heterocycles. The van der Waals surface area contributed by atoms with Crippen LogP contribution < -0.4 is 10.1 Å². The van der Waals surface area contributed by atoms with Gasteiger partial charge in [-0.25, -0.2) is 4.79 Å². The van der Waals surface area contributed by atoms with Crippen molar-refractivity contribution < 1.29 is 14.3 Å². The summed E-state index contributed by atoms with van der Waals surface area (Å²) in [4.78, 5) is 34.4. The zero-order valence-corrected chi connectivity index (χ0v) is 19.3. The fourth-order valence-corrected chi connectivity index (χ4v) is 4.48. The van der Waals surface area contributed by atoms with Gasteiger partial charge in [0.15, 0.2) is 0 Å². The van der Waals surface area contributed by atoms with Crippen molar-refractivity contribution in [2.45, 2.75) is 12.5 Å². The number of nitrogens with one attached hydrogen (secondary N) is 1. The Morgan fingerprint density at radius 3 is 2.60 bits per heavy atom. The molecule has 2 aromatic carbocycles. The van der Waals surface area contributed by atoms with Gasteiger partial charge in [-0.1, -0.05) is 42.5 Å². The van der Waals surface area contributed by atoms with Crippen molar-refractivity contribution in [1.82, 2.24) is 20.1 Å². The fraction of sp³-hybridized carbons (Fsp3) is 0.179. The van der Waals surface area contributed by atoms with Crippen molar-refractivity contribution in [2.24, 2.45) is 0 Å². The van der Waals surface area contributed by atoms with Crippen LogP contribution in [-0.4, -0.2) is 46.4 Å². The van der Waals surface area contributed by atoms with Gasteiger partial charge in [-0.05, 0) is 42.0 Å². The van der Waals surface area contributed by atoms with Gasteiger partial charge in [0.05, 0.1) is 23.9 Å². The van der Waals surface area contributed by atoms with Gasteiger partial charge >= 0.3 is 6.03 Å². The maximum Gasteiger partial charge on any atom is 0.322 e. The maximum atomic E-state index is 13.6. The summed E-state index contributed by atoms with van der Waals surface area (Å²) in [7, 11) is 0. The first-order valence-electron chi connectivity index (χ1n) is 11.6. The van der Waals surface area contributed by atoms with E-state index in [4.69, 9.17) is 4.74 Å². The predicted molar refractivity (Wildman–Crippen MR) is 133 cm³/mol. The monoisotopic (exact) mass is 466 g/mol. The molecule has 35 heavy (non-hydrogen) atoms. The highest BCUT2D eigenvalue weighted by atomic mass is 16.5. The van der Waals surface area contributed by atoms with Gasteiger partial charge in [0, 0.05) is 31.4 Å². The second kappa shape index (κ2) is 9.85. The Hall–Kier alpha value is -4.39. The molecule has 3 amide bonds. The van der Waals surface area contributed by atoms with E-state index in [0.717, 1.165) is 17.0 Å². The van der Waals surface area contributed by atoms with E-state index in [1.165, 1.54) is 0 Å². The van der Waals surface area contributed by atoms with Crippen LogP contribution in [0.1, 0.15) is 17.3 Å². The molecule has 0 saturated heterocycles. The Morgan fingerprint density at radius 1 is 1.03 bits per heavy atom. The summed E-state index contributed by atoms with van der Waals surface area (Å²) >= 11 is 0. The first-order chi connectivity index (χ1) is 17.1. The number of ether oxygens (including phenoxy) is 1. The Labute approximate surface area is 204 Å². The minimum Gasteiger partial charge on any atom is -0.457 e. The third-order valence-electron chi connectivity index (χ3n) is 6.14. The molecule has 0 bridgehead atoms. The molecule has 7 nitrogen and oxygen atoms in total. The number of carbonyl (C=O) groups is 2. The molecule has 0 fully saturated rings. The molecule has 1 N–H and O–H groups in total. The van der Waals surface area contributed by atoms with Gasteiger partial charge in [-0.15, -0.1) is 6.58 Å². The number of carbonyl (C=O) groups excluding carboxylic acids is 2. The van der Waals surface area contributed by atoms with Crippen LogP contribution in [0.4, 0.5) is 4.79 Å². The first kappa shape index (κ1) is 22.4. The lowest BCUT2D eigenvalue weighted by Crippen LogP contribution is -2.47.